The third-order valence-electron chi connectivity index (χ3n) is 5.49. The van der Waals surface area contributed by atoms with Crippen molar-refractivity contribution in [3.63, 3.8) is 0 Å². The van der Waals surface area contributed by atoms with Crippen molar-refractivity contribution in [2.75, 3.05) is 7.05 Å². The van der Waals surface area contributed by atoms with Crippen molar-refractivity contribution >= 4 is 11.8 Å². The fraction of sp³-hybridized carbons (Fsp3) is 0.450. The molecule has 140 valence electrons. The van der Waals surface area contributed by atoms with Gasteiger partial charge in [-0.15, -0.1) is 10.2 Å². The van der Waals surface area contributed by atoms with Crippen molar-refractivity contribution in [1.29, 1.82) is 0 Å². The molecule has 2 aromatic rings. The van der Waals surface area contributed by atoms with Gasteiger partial charge in [-0.2, -0.15) is 10.2 Å². The number of carbonyl (C=O) groups excluding carboxylic acids is 1. The summed E-state index contributed by atoms with van der Waals surface area (Å²) in [5.41, 5.74) is 3.15. The smallest absolute Gasteiger partial charge is 0.317 e. The highest BCUT2D eigenvalue weighted by Gasteiger charge is 2.40. The number of piperidine rings is 1. The molecule has 1 aromatic carbocycles. The Morgan fingerprint density at radius 1 is 1.26 bits per heavy atom. The molecule has 0 saturated carbocycles. The second-order valence-corrected chi connectivity index (χ2v) is 7.17. The molecule has 3 heterocycles. The predicted molar refractivity (Wildman–Crippen MR) is 102 cm³/mol. The molecule has 3 atom stereocenters. The number of hydrogen-bond acceptors (Lipinski definition) is 5. The summed E-state index contributed by atoms with van der Waals surface area (Å²) >= 11 is 0. The first-order valence-electron chi connectivity index (χ1n) is 9.49. The van der Waals surface area contributed by atoms with Gasteiger partial charge in [0.05, 0.1) is 17.8 Å². The summed E-state index contributed by atoms with van der Waals surface area (Å²) in [5, 5.41) is 20.1. The van der Waals surface area contributed by atoms with Crippen LogP contribution in [0, 0.1) is 0 Å². The van der Waals surface area contributed by atoms with Crippen molar-refractivity contribution in [3.8, 4) is 0 Å². The summed E-state index contributed by atoms with van der Waals surface area (Å²) in [6, 6.07) is 12.2. The van der Waals surface area contributed by atoms with Crippen LogP contribution in [0.2, 0.25) is 0 Å². The lowest BCUT2D eigenvalue weighted by atomic mass is 9.82. The van der Waals surface area contributed by atoms with Crippen molar-refractivity contribution < 1.29 is 4.79 Å². The second-order valence-electron chi connectivity index (χ2n) is 7.17. The standard InChI is InChI=1S/C20H24N6O/c1-13(14-7-4-3-5-8-14)22-24-19-12-16-17(23-25-19)11-15-9-6-10-18(16)26(15)20(27)21-2/h3-5,7-8,12-13,15,18H,6,9-11H2,1-2H3,(H,21,27). The van der Waals surface area contributed by atoms with E-state index in [1.54, 1.807) is 7.05 Å². The number of aromatic nitrogens is 2. The Kier molecular flexibility index (Phi) is 4.83. The molecule has 7 heteroatoms. The molecule has 1 aromatic heterocycles. The van der Waals surface area contributed by atoms with E-state index >= 15 is 0 Å². The third kappa shape index (κ3) is 3.41. The van der Waals surface area contributed by atoms with E-state index in [1.807, 2.05) is 48.2 Å². The molecule has 0 aliphatic carbocycles. The summed E-state index contributed by atoms with van der Waals surface area (Å²) < 4.78 is 0. The number of amides is 2. The molecule has 2 bridgehead atoms. The Bertz CT molecular complexity index is 853. The number of rotatable bonds is 3. The monoisotopic (exact) mass is 364 g/mol. The SMILES string of the molecule is CNC(=O)N1C2CCCC1c1cc(N=NC(C)c3ccccc3)nnc1C2. The van der Waals surface area contributed by atoms with E-state index in [1.165, 1.54) is 0 Å². The first kappa shape index (κ1) is 17.6. The molecule has 0 spiro atoms. The molecule has 0 radical (unpaired) electrons. The molecular weight excluding hydrogens is 340 g/mol. The van der Waals surface area contributed by atoms with Crippen LogP contribution in [0.15, 0.2) is 46.6 Å². The van der Waals surface area contributed by atoms with Crippen LogP contribution >= 0.6 is 0 Å². The van der Waals surface area contributed by atoms with Crippen LogP contribution < -0.4 is 5.32 Å². The van der Waals surface area contributed by atoms with E-state index in [0.29, 0.717) is 5.82 Å². The molecule has 2 aliphatic heterocycles. The molecule has 1 N–H and O–H groups in total. The fourth-order valence-corrected chi connectivity index (χ4v) is 4.11. The zero-order valence-corrected chi connectivity index (χ0v) is 15.7. The van der Waals surface area contributed by atoms with Crippen LogP contribution in [-0.2, 0) is 6.42 Å². The van der Waals surface area contributed by atoms with Crippen molar-refractivity contribution in [1.82, 2.24) is 20.4 Å². The quantitative estimate of drug-likeness (QED) is 0.832. The van der Waals surface area contributed by atoms with Crippen molar-refractivity contribution in [3.05, 3.63) is 53.2 Å². The average molecular weight is 364 g/mol. The van der Waals surface area contributed by atoms with Gasteiger partial charge in [-0.1, -0.05) is 30.3 Å². The lowest BCUT2D eigenvalue weighted by Gasteiger charge is -2.45. The van der Waals surface area contributed by atoms with Gasteiger partial charge in [-0.05, 0) is 37.8 Å². The Morgan fingerprint density at radius 2 is 2.07 bits per heavy atom. The van der Waals surface area contributed by atoms with Gasteiger partial charge in [-0.25, -0.2) is 4.79 Å². The zero-order chi connectivity index (χ0) is 18.8. The molecule has 4 rings (SSSR count). The number of benzene rings is 1. The summed E-state index contributed by atoms with van der Waals surface area (Å²) in [6.45, 7) is 2.00. The molecule has 7 nitrogen and oxygen atoms in total. The van der Waals surface area contributed by atoms with Crippen LogP contribution in [0.25, 0.3) is 0 Å². The maximum atomic E-state index is 12.4. The van der Waals surface area contributed by atoms with Gasteiger partial charge in [0, 0.05) is 25.1 Å². The minimum atomic E-state index is -0.0505. The Balaban J connectivity index is 1.60. The zero-order valence-electron chi connectivity index (χ0n) is 15.7. The van der Waals surface area contributed by atoms with Crippen LogP contribution in [0.1, 0.15) is 55.1 Å². The number of carbonyl (C=O) groups is 1. The first-order chi connectivity index (χ1) is 13.2. The third-order valence-corrected chi connectivity index (χ3v) is 5.49. The van der Waals surface area contributed by atoms with E-state index in [9.17, 15) is 4.79 Å². The summed E-state index contributed by atoms with van der Waals surface area (Å²) in [4.78, 5) is 14.4. The topological polar surface area (TPSA) is 82.8 Å². The van der Waals surface area contributed by atoms with E-state index < -0.39 is 0 Å². The predicted octanol–water partition coefficient (Wildman–Crippen LogP) is 4.11. The van der Waals surface area contributed by atoms with Crippen LogP contribution in [0.3, 0.4) is 0 Å². The normalized spacial score (nSPS) is 22.4. The minimum absolute atomic E-state index is 0.0203. The van der Waals surface area contributed by atoms with Crippen LogP contribution in [0.5, 0.6) is 0 Å². The lowest BCUT2D eigenvalue weighted by molar-refractivity contribution is 0.0962. The highest BCUT2D eigenvalue weighted by atomic mass is 16.2. The number of nitrogens with zero attached hydrogens (tertiary/aromatic N) is 5. The van der Waals surface area contributed by atoms with Crippen LogP contribution in [0.4, 0.5) is 10.6 Å². The molecule has 3 unspecified atom stereocenters. The Labute approximate surface area is 158 Å². The van der Waals surface area contributed by atoms with E-state index in [-0.39, 0.29) is 24.2 Å². The Hall–Kier alpha value is -2.83. The van der Waals surface area contributed by atoms with E-state index in [4.69, 9.17) is 0 Å². The number of nitrogens with one attached hydrogen (secondary N) is 1. The van der Waals surface area contributed by atoms with Gasteiger partial charge < -0.3 is 10.2 Å². The highest BCUT2D eigenvalue weighted by Crippen LogP contribution is 2.41. The number of fused-ring (bicyclic) bond motifs is 4. The van der Waals surface area contributed by atoms with E-state index in [0.717, 1.165) is 42.5 Å². The van der Waals surface area contributed by atoms with Crippen molar-refractivity contribution in [2.45, 2.75) is 50.7 Å². The lowest BCUT2D eigenvalue weighted by Crippen LogP contribution is -2.52. The molecule has 27 heavy (non-hydrogen) atoms. The maximum Gasteiger partial charge on any atom is 0.317 e. The Morgan fingerprint density at radius 3 is 2.85 bits per heavy atom. The second kappa shape index (κ2) is 7.42. The van der Waals surface area contributed by atoms with Crippen LogP contribution in [-0.4, -0.2) is 34.2 Å². The molecule has 2 amide bonds. The first-order valence-corrected chi connectivity index (χ1v) is 9.49. The number of urea groups is 1. The average Bonchev–Trinajstić information content (AvgIpc) is 2.72. The summed E-state index contributed by atoms with van der Waals surface area (Å²) in [7, 11) is 1.68. The number of azo groups is 1. The summed E-state index contributed by atoms with van der Waals surface area (Å²) in [6.07, 6.45) is 3.83. The minimum Gasteiger partial charge on any atom is -0.341 e. The number of hydrogen-bond donors (Lipinski definition) is 1. The molecule has 1 fully saturated rings. The van der Waals surface area contributed by atoms with Gasteiger partial charge in [0.15, 0.2) is 5.82 Å². The molecular formula is C20H24N6O. The van der Waals surface area contributed by atoms with Gasteiger partial charge in [0.2, 0.25) is 0 Å². The fourth-order valence-electron chi connectivity index (χ4n) is 4.11. The maximum absolute atomic E-state index is 12.4. The van der Waals surface area contributed by atoms with E-state index in [2.05, 4.69) is 25.7 Å². The largest absolute Gasteiger partial charge is 0.341 e. The molecule has 2 aliphatic rings. The summed E-state index contributed by atoms with van der Waals surface area (Å²) in [5.74, 6) is 0.498. The van der Waals surface area contributed by atoms with Gasteiger partial charge in [-0.3, -0.25) is 0 Å². The van der Waals surface area contributed by atoms with Gasteiger partial charge >= 0.3 is 6.03 Å². The molecule has 1 saturated heterocycles. The van der Waals surface area contributed by atoms with Crippen molar-refractivity contribution in [2.24, 2.45) is 10.2 Å². The highest BCUT2D eigenvalue weighted by molar-refractivity contribution is 5.75. The van der Waals surface area contributed by atoms with Gasteiger partial charge in [0.1, 0.15) is 0 Å². The van der Waals surface area contributed by atoms with Gasteiger partial charge in [0.25, 0.3) is 0 Å².